The van der Waals surface area contributed by atoms with Crippen LogP contribution in [0.25, 0.3) is 0 Å². The summed E-state index contributed by atoms with van der Waals surface area (Å²) in [7, 11) is 0. The van der Waals surface area contributed by atoms with Gasteiger partial charge in [0.05, 0.1) is 59.5 Å². The largest absolute Gasteiger partial charge is 0.481 e. The van der Waals surface area contributed by atoms with E-state index in [0.717, 1.165) is 16.7 Å². The number of hydrogen-bond acceptors (Lipinski definition) is 12. The quantitative estimate of drug-likeness (QED) is 0.127. The third kappa shape index (κ3) is 13.7. The molecule has 0 N–H and O–H groups in total. The number of benzene rings is 3. The summed E-state index contributed by atoms with van der Waals surface area (Å²) < 4.78 is 54.0. The molecule has 0 aromatic heterocycles. The lowest BCUT2D eigenvalue weighted by molar-refractivity contribution is -0.146. The Balaban J connectivity index is 1.98. The molecule has 1 aliphatic rings. The predicted octanol–water partition coefficient (Wildman–Crippen LogP) is 8.87. The maximum Gasteiger partial charge on any atom is 0.344 e. The van der Waals surface area contributed by atoms with Crippen molar-refractivity contribution in [1.82, 2.24) is 0 Å². The van der Waals surface area contributed by atoms with E-state index in [1.165, 1.54) is 0 Å². The molecule has 0 saturated carbocycles. The van der Waals surface area contributed by atoms with Gasteiger partial charge in [-0.25, -0.2) is 14.4 Å². The zero-order valence-corrected chi connectivity index (χ0v) is 37.8. The predicted molar refractivity (Wildman–Crippen MR) is 227 cm³/mol. The molecule has 3 aromatic rings. The van der Waals surface area contributed by atoms with Crippen LogP contribution in [0.2, 0.25) is 0 Å². The summed E-state index contributed by atoms with van der Waals surface area (Å²) in [6.07, 6.45) is 0. The first-order valence-corrected chi connectivity index (χ1v) is 20.8. The molecule has 12 nitrogen and oxygen atoms in total. The van der Waals surface area contributed by atoms with Crippen LogP contribution in [0.4, 0.5) is 0 Å². The van der Waals surface area contributed by atoms with E-state index in [4.69, 9.17) is 42.6 Å². The zero-order valence-electron chi connectivity index (χ0n) is 37.8. The lowest BCUT2D eigenvalue weighted by Gasteiger charge is -2.26. The molecule has 4 rings (SSSR count). The van der Waals surface area contributed by atoms with Gasteiger partial charge in [0.25, 0.3) is 0 Å². The Hall–Kier alpha value is -4.65. The van der Waals surface area contributed by atoms with Gasteiger partial charge >= 0.3 is 17.9 Å². The topological polar surface area (TPSA) is 134 Å². The highest BCUT2D eigenvalue weighted by Gasteiger charge is 2.26. The van der Waals surface area contributed by atoms with Gasteiger partial charge in [0, 0.05) is 33.4 Å². The van der Waals surface area contributed by atoms with E-state index in [1.807, 2.05) is 36.4 Å². The minimum Gasteiger partial charge on any atom is -0.481 e. The number of carbonyl (C=O) groups is 3. The summed E-state index contributed by atoms with van der Waals surface area (Å²) in [5.74, 6) is -0.142. The fourth-order valence-corrected chi connectivity index (χ4v) is 6.58. The number of hydrogen-bond donors (Lipinski definition) is 0. The molecule has 0 radical (unpaired) electrons. The molecular formula is C48H66O12. The third-order valence-corrected chi connectivity index (χ3v) is 9.79. The first-order valence-electron chi connectivity index (χ1n) is 20.8. The highest BCUT2D eigenvalue weighted by molar-refractivity contribution is 5.72. The molecule has 12 heteroatoms. The lowest BCUT2D eigenvalue weighted by Crippen LogP contribution is -2.19. The second-order valence-corrected chi connectivity index (χ2v) is 17.9. The van der Waals surface area contributed by atoms with Gasteiger partial charge < -0.3 is 42.6 Å². The van der Waals surface area contributed by atoms with Crippen molar-refractivity contribution < 1.29 is 57.0 Å². The lowest BCUT2D eigenvalue weighted by atomic mass is 9.84. The van der Waals surface area contributed by atoms with Gasteiger partial charge in [0.2, 0.25) is 0 Å². The number of fused-ring (bicyclic) bond motifs is 6. The molecule has 60 heavy (non-hydrogen) atoms. The number of ether oxygens (including phenoxy) is 9. The number of carbonyl (C=O) groups excluding carboxylic acids is 3. The van der Waals surface area contributed by atoms with Gasteiger partial charge in [-0.05, 0) is 90.1 Å². The Morgan fingerprint density at radius 3 is 0.783 bits per heavy atom. The van der Waals surface area contributed by atoms with Gasteiger partial charge in [-0.1, -0.05) is 62.3 Å². The van der Waals surface area contributed by atoms with Gasteiger partial charge in [0.15, 0.2) is 19.8 Å². The van der Waals surface area contributed by atoms with Gasteiger partial charge in [-0.2, -0.15) is 0 Å². The smallest absolute Gasteiger partial charge is 0.344 e. The SMILES string of the molecule is CCOC(=O)COc1c2cc(C(C)(C)C)cc1COCc1cc(C(C)(C)C)cc(c1OCC(=O)OCC)COCc1cc(C(C)(C)C)cc(c1OCC(=O)OCC)COC2. The zero-order chi connectivity index (χ0) is 44.3. The Kier molecular flexibility index (Phi) is 17.0. The van der Waals surface area contributed by atoms with Crippen LogP contribution >= 0.6 is 0 Å². The van der Waals surface area contributed by atoms with Crippen molar-refractivity contribution in [2.24, 2.45) is 0 Å². The normalized spacial score (nSPS) is 14.0. The second-order valence-electron chi connectivity index (χ2n) is 17.9. The Morgan fingerprint density at radius 1 is 0.417 bits per heavy atom. The fourth-order valence-electron chi connectivity index (χ4n) is 6.58. The van der Waals surface area contributed by atoms with E-state index in [0.29, 0.717) is 50.6 Å². The highest BCUT2D eigenvalue weighted by Crippen LogP contribution is 2.38. The van der Waals surface area contributed by atoms with Gasteiger partial charge in [0.1, 0.15) is 17.2 Å². The molecule has 1 aliphatic heterocycles. The highest BCUT2D eigenvalue weighted by atomic mass is 16.6. The molecule has 0 saturated heterocycles. The first kappa shape index (κ1) is 48.0. The van der Waals surface area contributed by atoms with Crippen LogP contribution in [0.1, 0.15) is 133 Å². The van der Waals surface area contributed by atoms with Crippen LogP contribution < -0.4 is 14.2 Å². The Bertz CT molecular complexity index is 1650. The van der Waals surface area contributed by atoms with Crippen molar-refractivity contribution in [3.8, 4) is 17.2 Å². The van der Waals surface area contributed by atoms with Crippen molar-refractivity contribution in [3.63, 3.8) is 0 Å². The van der Waals surface area contributed by atoms with E-state index >= 15 is 0 Å². The van der Waals surface area contributed by atoms with Crippen LogP contribution in [-0.2, 0) is 98.7 Å². The second kappa shape index (κ2) is 21.2. The first-order chi connectivity index (χ1) is 28.2. The van der Waals surface area contributed by atoms with Crippen molar-refractivity contribution in [1.29, 1.82) is 0 Å². The number of rotatable bonds is 12. The van der Waals surface area contributed by atoms with E-state index in [9.17, 15) is 14.4 Å². The molecule has 0 atom stereocenters. The molecule has 330 valence electrons. The van der Waals surface area contributed by atoms with Crippen LogP contribution in [0.15, 0.2) is 36.4 Å². The Morgan fingerprint density at radius 2 is 0.617 bits per heavy atom. The summed E-state index contributed by atoms with van der Waals surface area (Å²) in [5.41, 5.74) is 6.52. The average Bonchev–Trinajstić information content (AvgIpc) is 3.15. The molecular weight excluding hydrogens is 769 g/mol. The van der Waals surface area contributed by atoms with E-state index in [2.05, 4.69) is 62.3 Å². The molecule has 1 heterocycles. The fraction of sp³-hybridized carbons (Fsp3) is 0.562. The van der Waals surface area contributed by atoms with Crippen LogP contribution in [0, 0.1) is 0 Å². The molecule has 0 fully saturated rings. The molecule has 0 spiro atoms. The van der Waals surface area contributed by atoms with Crippen LogP contribution in [-0.4, -0.2) is 57.5 Å². The number of esters is 3. The molecule has 0 amide bonds. The minimum absolute atomic E-state index is 0.112. The summed E-state index contributed by atoms with van der Waals surface area (Å²) in [5, 5.41) is 0. The van der Waals surface area contributed by atoms with Crippen molar-refractivity contribution in [2.75, 3.05) is 39.6 Å². The average molecular weight is 835 g/mol. The molecule has 0 unspecified atom stereocenters. The van der Waals surface area contributed by atoms with Crippen molar-refractivity contribution in [2.45, 2.75) is 139 Å². The van der Waals surface area contributed by atoms with Crippen molar-refractivity contribution in [3.05, 3.63) is 86.5 Å². The van der Waals surface area contributed by atoms with Gasteiger partial charge in [-0.3, -0.25) is 0 Å². The van der Waals surface area contributed by atoms with Crippen LogP contribution in [0.5, 0.6) is 17.2 Å². The van der Waals surface area contributed by atoms with E-state index in [-0.39, 0.29) is 95.5 Å². The minimum atomic E-state index is -0.502. The molecule has 3 aromatic carbocycles. The molecule has 0 aliphatic carbocycles. The van der Waals surface area contributed by atoms with Gasteiger partial charge in [-0.15, -0.1) is 0 Å². The maximum atomic E-state index is 12.6. The summed E-state index contributed by atoms with van der Waals surface area (Å²) >= 11 is 0. The van der Waals surface area contributed by atoms with Crippen LogP contribution in [0.3, 0.4) is 0 Å². The maximum absolute atomic E-state index is 12.6. The Labute approximate surface area is 356 Å². The molecule has 6 bridgehead atoms. The van der Waals surface area contributed by atoms with Crippen molar-refractivity contribution >= 4 is 17.9 Å². The summed E-state index contributed by atoms with van der Waals surface area (Å²) in [6, 6.07) is 12.2. The summed E-state index contributed by atoms with van der Waals surface area (Å²) in [4.78, 5) is 37.9. The third-order valence-electron chi connectivity index (χ3n) is 9.79. The monoisotopic (exact) mass is 834 g/mol. The van der Waals surface area contributed by atoms with E-state index < -0.39 is 17.9 Å². The standard InChI is InChI=1S/C48H66O12/c1-13-55-40(49)28-58-43-31-16-37(46(4,5)6)17-32(43)23-53-25-34-19-39(48(10,11)12)21-36(45(34)60-30-42(51)57-15-3)27-54-26-35-20-38(47(7,8)9)18-33(24-52-22-31)44(35)59-29-41(50)56-14-2/h16-21H,13-15,22-30H2,1-12H3. The van der Waals surface area contributed by atoms with E-state index in [1.54, 1.807) is 20.8 Å². The summed E-state index contributed by atoms with van der Waals surface area (Å²) in [6.45, 7) is 24.7.